The molecule has 100 valence electrons. The first-order chi connectivity index (χ1) is 8.22. The second-order valence-electron chi connectivity index (χ2n) is 5.57. The Labute approximate surface area is 108 Å². The quantitative estimate of drug-likeness (QED) is 0.414. The lowest BCUT2D eigenvalue weighted by Gasteiger charge is -2.35. The molecular formula is C16H30O. The Morgan fingerprint density at radius 2 is 1.65 bits per heavy atom. The highest BCUT2D eigenvalue weighted by molar-refractivity contribution is 5.12. The van der Waals surface area contributed by atoms with Crippen molar-refractivity contribution in [2.24, 2.45) is 0 Å². The van der Waals surface area contributed by atoms with Crippen molar-refractivity contribution in [1.29, 1.82) is 0 Å². The zero-order valence-electron chi connectivity index (χ0n) is 12.1. The van der Waals surface area contributed by atoms with Crippen LogP contribution < -0.4 is 0 Å². The molecule has 0 radical (unpaired) electrons. The Balaban J connectivity index is 2.53. The molecule has 1 heterocycles. The summed E-state index contributed by atoms with van der Waals surface area (Å²) in [7, 11) is 0. The first-order valence-electron chi connectivity index (χ1n) is 7.55. The van der Waals surface area contributed by atoms with E-state index in [4.69, 9.17) is 4.74 Å². The molecule has 1 rings (SSSR count). The van der Waals surface area contributed by atoms with Crippen molar-refractivity contribution in [2.75, 3.05) is 6.61 Å². The molecule has 0 N–H and O–H groups in total. The fourth-order valence-electron chi connectivity index (χ4n) is 2.74. The Bertz CT molecular complexity index is 220. The predicted molar refractivity (Wildman–Crippen MR) is 75.3 cm³/mol. The molecule has 0 spiro atoms. The van der Waals surface area contributed by atoms with Gasteiger partial charge in [-0.2, -0.15) is 0 Å². The van der Waals surface area contributed by atoms with E-state index in [0.29, 0.717) is 0 Å². The van der Waals surface area contributed by atoms with Gasteiger partial charge >= 0.3 is 0 Å². The summed E-state index contributed by atoms with van der Waals surface area (Å²) in [5, 5.41) is 0. The third kappa shape index (κ3) is 5.25. The number of hydrogen-bond acceptors (Lipinski definition) is 1. The molecule has 1 nitrogen and oxygen atoms in total. The number of unbranched alkanes of at least 4 members (excludes halogenated alkanes) is 4. The summed E-state index contributed by atoms with van der Waals surface area (Å²) < 4.78 is 6.15. The van der Waals surface area contributed by atoms with E-state index in [1.807, 2.05) is 0 Å². The van der Waals surface area contributed by atoms with Gasteiger partial charge in [-0.15, -0.1) is 0 Å². The maximum absolute atomic E-state index is 6.15. The second kappa shape index (κ2) is 7.92. The molecule has 0 aromatic heterocycles. The van der Waals surface area contributed by atoms with E-state index in [1.54, 1.807) is 0 Å². The predicted octanol–water partition coefficient (Wildman–Crippen LogP) is 5.25. The number of ether oxygens (including phenoxy) is 1. The van der Waals surface area contributed by atoms with Crippen molar-refractivity contribution in [3.8, 4) is 0 Å². The normalized spacial score (nSPS) is 19.1. The maximum Gasteiger partial charge on any atom is 0.0865 e. The third-order valence-electron chi connectivity index (χ3n) is 3.80. The molecule has 1 heteroatoms. The Morgan fingerprint density at radius 1 is 1.06 bits per heavy atom. The van der Waals surface area contributed by atoms with Crippen LogP contribution in [0, 0.1) is 0 Å². The van der Waals surface area contributed by atoms with Crippen molar-refractivity contribution in [3.63, 3.8) is 0 Å². The maximum atomic E-state index is 6.15. The second-order valence-corrected chi connectivity index (χ2v) is 5.57. The molecule has 0 aliphatic carbocycles. The summed E-state index contributed by atoms with van der Waals surface area (Å²) in [6, 6.07) is 0. The van der Waals surface area contributed by atoms with Crippen LogP contribution >= 0.6 is 0 Å². The van der Waals surface area contributed by atoms with Crippen LogP contribution in [0.3, 0.4) is 0 Å². The summed E-state index contributed by atoms with van der Waals surface area (Å²) >= 11 is 0. The highest BCUT2D eigenvalue weighted by atomic mass is 16.5. The minimum atomic E-state index is 0.0900. The summed E-state index contributed by atoms with van der Waals surface area (Å²) in [5.41, 5.74) is 1.62. The zero-order valence-corrected chi connectivity index (χ0v) is 12.1. The Hall–Kier alpha value is -0.300. The average molecular weight is 238 g/mol. The fraction of sp³-hybridized carbons (Fsp3) is 0.875. The molecule has 0 saturated carbocycles. The summed E-state index contributed by atoms with van der Waals surface area (Å²) in [6.45, 7) is 7.73. The van der Waals surface area contributed by atoms with Crippen LogP contribution in [0.25, 0.3) is 0 Å². The Morgan fingerprint density at radius 3 is 2.12 bits per heavy atom. The number of hydrogen-bond donors (Lipinski definition) is 0. The zero-order chi connectivity index (χ0) is 12.6. The molecule has 1 aliphatic heterocycles. The van der Waals surface area contributed by atoms with Crippen molar-refractivity contribution < 1.29 is 4.74 Å². The highest BCUT2D eigenvalue weighted by Gasteiger charge is 2.29. The summed E-state index contributed by atoms with van der Waals surface area (Å²) in [5.74, 6) is 0. The molecule has 1 aliphatic rings. The van der Waals surface area contributed by atoms with Crippen LogP contribution in [-0.2, 0) is 4.74 Å². The fourth-order valence-corrected chi connectivity index (χ4v) is 2.74. The third-order valence-corrected chi connectivity index (χ3v) is 3.80. The molecule has 0 saturated heterocycles. The molecule has 0 bridgehead atoms. The molecular weight excluding hydrogens is 208 g/mol. The minimum absolute atomic E-state index is 0.0900. The van der Waals surface area contributed by atoms with Crippen LogP contribution in [0.1, 0.15) is 78.6 Å². The minimum Gasteiger partial charge on any atom is -0.371 e. The molecule has 0 atom stereocenters. The van der Waals surface area contributed by atoms with E-state index < -0.39 is 0 Å². The van der Waals surface area contributed by atoms with Crippen LogP contribution in [-0.4, -0.2) is 12.2 Å². The van der Waals surface area contributed by atoms with Gasteiger partial charge in [0.2, 0.25) is 0 Å². The van der Waals surface area contributed by atoms with Crippen molar-refractivity contribution in [2.45, 2.75) is 84.2 Å². The van der Waals surface area contributed by atoms with E-state index in [1.165, 1.54) is 56.9 Å². The first-order valence-corrected chi connectivity index (χ1v) is 7.55. The highest BCUT2D eigenvalue weighted by Crippen LogP contribution is 2.33. The lowest BCUT2D eigenvalue weighted by Crippen LogP contribution is -2.34. The topological polar surface area (TPSA) is 9.23 Å². The van der Waals surface area contributed by atoms with Gasteiger partial charge in [-0.1, -0.05) is 64.0 Å². The first kappa shape index (κ1) is 14.8. The average Bonchev–Trinajstić information content (AvgIpc) is 2.30. The molecule has 0 fully saturated rings. The summed E-state index contributed by atoms with van der Waals surface area (Å²) in [4.78, 5) is 0. The van der Waals surface area contributed by atoms with Gasteiger partial charge in [0.1, 0.15) is 0 Å². The SMILES string of the molecule is CCCCCC1(CCCCC)C=C(C)CCO1. The van der Waals surface area contributed by atoms with Crippen LogP contribution in [0.15, 0.2) is 11.6 Å². The van der Waals surface area contributed by atoms with Crippen LogP contribution in [0.2, 0.25) is 0 Å². The molecule has 0 aromatic carbocycles. The van der Waals surface area contributed by atoms with E-state index in [-0.39, 0.29) is 5.60 Å². The van der Waals surface area contributed by atoms with Gasteiger partial charge in [0, 0.05) is 0 Å². The van der Waals surface area contributed by atoms with Crippen molar-refractivity contribution in [1.82, 2.24) is 0 Å². The monoisotopic (exact) mass is 238 g/mol. The van der Waals surface area contributed by atoms with E-state index >= 15 is 0 Å². The van der Waals surface area contributed by atoms with Crippen molar-refractivity contribution in [3.05, 3.63) is 11.6 Å². The van der Waals surface area contributed by atoms with Crippen LogP contribution in [0.5, 0.6) is 0 Å². The molecule has 17 heavy (non-hydrogen) atoms. The summed E-state index contributed by atoms with van der Waals surface area (Å²) in [6.07, 6.45) is 13.9. The van der Waals surface area contributed by atoms with Gasteiger partial charge in [-0.3, -0.25) is 0 Å². The van der Waals surface area contributed by atoms with Gasteiger partial charge in [0.15, 0.2) is 0 Å². The Kier molecular flexibility index (Phi) is 6.87. The van der Waals surface area contributed by atoms with Crippen LogP contribution in [0.4, 0.5) is 0 Å². The van der Waals surface area contributed by atoms with E-state index in [9.17, 15) is 0 Å². The lowest BCUT2D eigenvalue weighted by atomic mass is 9.86. The van der Waals surface area contributed by atoms with Gasteiger partial charge in [0.25, 0.3) is 0 Å². The van der Waals surface area contributed by atoms with Gasteiger partial charge in [-0.05, 0) is 26.2 Å². The largest absolute Gasteiger partial charge is 0.371 e. The van der Waals surface area contributed by atoms with E-state index in [2.05, 4.69) is 26.8 Å². The van der Waals surface area contributed by atoms with Gasteiger partial charge < -0.3 is 4.74 Å². The number of rotatable bonds is 8. The smallest absolute Gasteiger partial charge is 0.0865 e. The van der Waals surface area contributed by atoms with Gasteiger partial charge in [-0.25, -0.2) is 0 Å². The van der Waals surface area contributed by atoms with Gasteiger partial charge in [0.05, 0.1) is 12.2 Å². The lowest BCUT2D eigenvalue weighted by molar-refractivity contribution is -0.0314. The standard InChI is InChI=1S/C16H30O/c1-4-6-8-11-16(12-9-7-5-2)14-15(3)10-13-17-16/h14H,4-13H2,1-3H3. The van der Waals surface area contributed by atoms with E-state index in [0.717, 1.165) is 13.0 Å². The molecule has 0 amide bonds. The molecule has 0 aromatic rings. The molecule has 0 unspecified atom stereocenters. The van der Waals surface area contributed by atoms with Crippen molar-refractivity contribution >= 4 is 0 Å².